The van der Waals surface area contributed by atoms with Crippen molar-refractivity contribution in [3.05, 3.63) is 23.8 Å². The molecule has 12 heteroatoms. The molecule has 0 radical (unpaired) electrons. The molecule has 1 unspecified atom stereocenters. The minimum Gasteiger partial charge on any atom is -0.468 e. The zero-order valence-corrected chi connectivity index (χ0v) is 25.8. The van der Waals surface area contributed by atoms with Gasteiger partial charge in [0.05, 0.1) is 7.11 Å². The van der Waals surface area contributed by atoms with Gasteiger partial charge in [0.2, 0.25) is 0 Å². The van der Waals surface area contributed by atoms with Crippen LogP contribution in [0.15, 0.2) is 18.2 Å². The molecule has 0 heterocycles. The van der Waals surface area contributed by atoms with E-state index < -0.39 is 47.3 Å². The molecule has 0 aliphatic heterocycles. The molecule has 232 valence electrons. The highest BCUT2D eigenvalue weighted by Gasteiger charge is 2.39. The number of methoxy groups -OCH3 is 1. The molecule has 0 amide bonds. The molecule has 12 nitrogen and oxygen atoms in total. The summed E-state index contributed by atoms with van der Waals surface area (Å²) in [4.78, 5) is 49.7. The largest absolute Gasteiger partial charge is 0.514 e. The van der Waals surface area contributed by atoms with Crippen LogP contribution in [0.1, 0.15) is 87.1 Å². The zero-order chi connectivity index (χ0) is 31.6. The fourth-order valence-corrected chi connectivity index (χ4v) is 3.72. The Hall–Kier alpha value is -3.54. The fourth-order valence-electron chi connectivity index (χ4n) is 3.72. The van der Waals surface area contributed by atoms with E-state index in [-0.39, 0.29) is 30.4 Å². The number of esters is 1. The summed E-state index contributed by atoms with van der Waals surface area (Å²) in [5, 5.41) is 0. The highest BCUT2D eigenvalue weighted by atomic mass is 16.8. The van der Waals surface area contributed by atoms with Crippen LogP contribution in [0.2, 0.25) is 0 Å². The summed E-state index contributed by atoms with van der Waals surface area (Å²) in [6, 6.07) is 4.27. The first-order chi connectivity index (χ1) is 18.8. The molecule has 0 aromatic heterocycles. The number of benzene rings is 1. The van der Waals surface area contributed by atoms with Gasteiger partial charge < -0.3 is 38.9 Å². The molecule has 2 N–H and O–H groups in total. The Kier molecular flexibility index (Phi) is 12.9. The minimum atomic E-state index is -1.65. The van der Waals surface area contributed by atoms with E-state index in [0.717, 1.165) is 6.42 Å². The van der Waals surface area contributed by atoms with Gasteiger partial charge in [0.25, 0.3) is 0 Å². The van der Waals surface area contributed by atoms with E-state index in [1.54, 1.807) is 55.4 Å². The van der Waals surface area contributed by atoms with Crippen molar-refractivity contribution in [2.24, 2.45) is 5.73 Å². The van der Waals surface area contributed by atoms with Gasteiger partial charge >= 0.3 is 24.4 Å². The lowest BCUT2D eigenvalue weighted by Crippen LogP contribution is -2.53. The van der Waals surface area contributed by atoms with Gasteiger partial charge in [-0.1, -0.05) is 19.4 Å². The molecule has 3 atom stereocenters. The predicted octanol–water partition coefficient (Wildman–Crippen LogP) is 5.85. The number of ether oxygens (including phenoxy) is 7. The summed E-state index contributed by atoms with van der Waals surface area (Å²) in [5.74, 6) is -1.06. The Bertz CT molecular complexity index is 1060. The highest BCUT2D eigenvalue weighted by molar-refractivity contribution is 5.81. The number of hydrogen-bond donors (Lipinski definition) is 1. The standard InChI is InChI=1S/C29H45NO11/c1-11-12-18(2)36-24(32)37-19(3)16-29(30,23(31)35-10)17-20-13-14-21(38-25(33)40-27(4,5)6)22(15-20)39-26(34)41-28(7,8)9/h13-15,18-19H,11-12,16-17,30H2,1-10H3/t18-,19-,29?/m0/s1. The van der Waals surface area contributed by atoms with E-state index >= 15 is 0 Å². The summed E-state index contributed by atoms with van der Waals surface area (Å²) in [5.41, 5.74) is 3.56. The Morgan fingerprint density at radius 3 is 1.80 bits per heavy atom. The first-order valence-electron chi connectivity index (χ1n) is 13.5. The maximum atomic E-state index is 12.8. The van der Waals surface area contributed by atoms with Crippen LogP contribution in [-0.2, 0) is 34.9 Å². The second-order valence-electron chi connectivity index (χ2n) is 11.8. The van der Waals surface area contributed by atoms with Crippen molar-refractivity contribution in [2.45, 2.75) is 117 Å². The third-order valence-corrected chi connectivity index (χ3v) is 5.23. The van der Waals surface area contributed by atoms with Gasteiger partial charge in [0, 0.05) is 12.8 Å². The molecule has 0 bridgehead atoms. The molecule has 1 rings (SSSR count). The van der Waals surface area contributed by atoms with Crippen LogP contribution >= 0.6 is 0 Å². The summed E-state index contributed by atoms with van der Waals surface area (Å²) in [6.45, 7) is 15.3. The molecule has 1 aromatic rings. The lowest BCUT2D eigenvalue weighted by atomic mass is 9.86. The van der Waals surface area contributed by atoms with Crippen molar-refractivity contribution >= 4 is 24.4 Å². The average Bonchev–Trinajstić information content (AvgIpc) is 2.77. The molecule has 0 saturated heterocycles. The van der Waals surface area contributed by atoms with Gasteiger partial charge in [-0.15, -0.1) is 0 Å². The Balaban J connectivity index is 3.25. The summed E-state index contributed by atoms with van der Waals surface area (Å²) in [7, 11) is 1.19. The smallest absolute Gasteiger partial charge is 0.468 e. The van der Waals surface area contributed by atoms with Crippen LogP contribution in [0, 0.1) is 0 Å². The van der Waals surface area contributed by atoms with E-state index in [4.69, 9.17) is 38.9 Å². The molecule has 1 aromatic carbocycles. The summed E-state index contributed by atoms with van der Waals surface area (Å²) < 4.78 is 36.5. The molecule has 0 aliphatic rings. The molecular weight excluding hydrogens is 538 g/mol. The van der Waals surface area contributed by atoms with Crippen molar-refractivity contribution in [3.63, 3.8) is 0 Å². The second kappa shape index (κ2) is 14.9. The van der Waals surface area contributed by atoms with Gasteiger partial charge in [-0.25, -0.2) is 14.4 Å². The van der Waals surface area contributed by atoms with E-state index in [9.17, 15) is 19.2 Å². The third-order valence-electron chi connectivity index (χ3n) is 5.23. The number of hydrogen-bond acceptors (Lipinski definition) is 12. The predicted molar refractivity (Wildman–Crippen MR) is 149 cm³/mol. The van der Waals surface area contributed by atoms with Gasteiger partial charge in [-0.3, -0.25) is 4.79 Å². The molecule has 0 spiro atoms. The van der Waals surface area contributed by atoms with Gasteiger partial charge in [-0.05, 0) is 79.5 Å². The lowest BCUT2D eigenvalue weighted by Gasteiger charge is -2.29. The quantitative estimate of drug-likeness (QED) is 0.188. The van der Waals surface area contributed by atoms with Crippen LogP contribution < -0.4 is 15.2 Å². The summed E-state index contributed by atoms with van der Waals surface area (Å²) in [6.07, 6.45) is -2.81. The van der Waals surface area contributed by atoms with Gasteiger partial charge in [0.15, 0.2) is 11.5 Å². The van der Waals surface area contributed by atoms with Crippen LogP contribution in [0.25, 0.3) is 0 Å². The van der Waals surface area contributed by atoms with Crippen LogP contribution in [0.5, 0.6) is 11.5 Å². The zero-order valence-electron chi connectivity index (χ0n) is 25.8. The van der Waals surface area contributed by atoms with E-state index in [1.807, 2.05) is 6.92 Å². The van der Waals surface area contributed by atoms with Crippen LogP contribution in [0.3, 0.4) is 0 Å². The van der Waals surface area contributed by atoms with E-state index in [1.165, 1.54) is 25.3 Å². The Morgan fingerprint density at radius 2 is 1.32 bits per heavy atom. The van der Waals surface area contributed by atoms with Crippen LogP contribution in [0.4, 0.5) is 14.4 Å². The fraction of sp³-hybridized carbons (Fsp3) is 0.655. The first kappa shape index (κ1) is 35.5. The Morgan fingerprint density at radius 1 is 0.805 bits per heavy atom. The van der Waals surface area contributed by atoms with Crippen molar-refractivity contribution in [1.82, 2.24) is 0 Å². The molecular formula is C29H45NO11. The minimum absolute atomic E-state index is 0.116. The first-order valence-corrected chi connectivity index (χ1v) is 13.5. The van der Waals surface area contributed by atoms with Crippen LogP contribution in [-0.4, -0.2) is 60.5 Å². The molecule has 0 aliphatic carbocycles. The van der Waals surface area contributed by atoms with Crippen molar-refractivity contribution < 1.29 is 52.3 Å². The third kappa shape index (κ3) is 13.6. The monoisotopic (exact) mass is 583 g/mol. The Labute approximate surface area is 242 Å². The van der Waals surface area contributed by atoms with Crippen molar-refractivity contribution in [2.75, 3.05) is 7.11 Å². The maximum Gasteiger partial charge on any atom is 0.514 e. The maximum absolute atomic E-state index is 12.8. The van der Waals surface area contributed by atoms with Crippen molar-refractivity contribution in [3.8, 4) is 11.5 Å². The highest BCUT2D eigenvalue weighted by Crippen LogP contribution is 2.32. The SMILES string of the molecule is CCC[C@H](C)OC(=O)O[C@@H](C)CC(N)(Cc1ccc(OC(=O)OC(C)(C)C)c(OC(=O)OC(C)(C)C)c1)C(=O)OC. The molecule has 0 saturated carbocycles. The van der Waals surface area contributed by atoms with Crippen molar-refractivity contribution in [1.29, 1.82) is 0 Å². The molecule has 0 fully saturated rings. The normalized spacial score (nSPS) is 14.5. The van der Waals surface area contributed by atoms with Gasteiger partial charge in [0.1, 0.15) is 28.9 Å². The van der Waals surface area contributed by atoms with Gasteiger partial charge in [-0.2, -0.15) is 0 Å². The number of nitrogens with two attached hydrogens (primary N) is 1. The van der Waals surface area contributed by atoms with E-state index in [2.05, 4.69) is 0 Å². The lowest BCUT2D eigenvalue weighted by molar-refractivity contribution is -0.148. The topological polar surface area (TPSA) is 159 Å². The number of carbonyl (C=O) groups is 4. The summed E-state index contributed by atoms with van der Waals surface area (Å²) >= 11 is 0. The number of rotatable bonds is 11. The second-order valence-corrected chi connectivity index (χ2v) is 11.8. The average molecular weight is 584 g/mol. The number of carbonyl (C=O) groups excluding carboxylic acids is 4. The molecule has 41 heavy (non-hydrogen) atoms. The van der Waals surface area contributed by atoms with E-state index in [0.29, 0.717) is 12.0 Å².